The fourth-order valence-corrected chi connectivity index (χ4v) is 0.924. The second-order valence-electron chi connectivity index (χ2n) is 2.45. The SMILES string of the molecule is CC1CC(=O)C(O)C(O)O1. The van der Waals surface area contributed by atoms with Crippen LogP contribution in [0.15, 0.2) is 0 Å². The number of hydrogen-bond donors (Lipinski definition) is 2. The van der Waals surface area contributed by atoms with Gasteiger partial charge in [-0.2, -0.15) is 0 Å². The van der Waals surface area contributed by atoms with Crippen LogP contribution in [0.2, 0.25) is 0 Å². The number of carbonyl (C=O) groups is 1. The van der Waals surface area contributed by atoms with E-state index in [1.165, 1.54) is 0 Å². The first-order valence-electron chi connectivity index (χ1n) is 3.15. The van der Waals surface area contributed by atoms with Crippen LogP contribution in [0, 0.1) is 0 Å². The van der Waals surface area contributed by atoms with E-state index in [9.17, 15) is 4.79 Å². The van der Waals surface area contributed by atoms with Crippen molar-refractivity contribution in [2.24, 2.45) is 0 Å². The molecule has 0 amide bonds. The molecule has 1 heterocycles. The third-order valence-corrected chi connectivity index (χ3v) is 1.46. The molecule has 3 atom stereocenters. The molecule has 0 aromatic carbocycles. The molecule has 0 aliphatic carbocycles. The summed E-state index contributed by atoms with van der Waals surface area (Å²) in [5, 5.41) is 17.7. The monoisotopic (exact) mass is 146 g/mol. The number of ketones is 1. The highest BCUT2D eigenvalue weighted by Gasteiger charge is 2.32. The van der Waals surface area contributed by atoms with E-state index in [1.54, 1.807) is 6.92 Å². The Morgan fingerprint density at radius 2 is 2.20 bits per heavy atom. The van der Waals surface area contributed by atoms with E-state index in [2.05, 4.69) is 0 Å². The average Bonchev–Trinajstić information content (AvgIpc) is 1.82. The fraction of sp³-hybridized carbons (Fsp3) is 0.833. The summed E-state index contributed by atoms with van der Waals surface area (Å²) < 4.78 is 4.75. The Kier molecular flexibility index (Phi) is 2.03. The number of aliphatic hydroxyl groups excluding tert-OH is 2. The highest BCUT2D eigenvalue weighted by molar-refractivity contribution is 5.84. The molecule has 0 spiro atoms. The molecule has 4 nitrogen and oxygen atoms in total. The van der Waals surface area contributed by atoms with E-state index < -0.39 is 12.4 Å². The third kappa shape index (κ3) is 1.34. The lowest BCUT2D eigenvalue weighted by Crippen LogP contribution is -2.44. The molecule has 0 saturated carbocycles. The maximum Gasteiger partial charge on any atom is 0.188 e. The number of Topliss-reactive ketones (excluding diaryl/α,β-unsaturated/α-hetero) is 1. The molecule has 10 heavy (non-hydrogen) atoms. The van der Waals surface area contributed by atoms with Gasteiger partial charge in [-0.1, -0.05) is 0 Å². The van der Waals surface area contributed by atoms with Crippen LogP contribution in [0.1, 0.15) is 13.3 Å². The van der Waals surface area contributed by atoms with E-state index in [0.717, 1.165) is 0 Å². The molecule has 58 valence electrons. The van der Waals surface area contributed by atoms with Crippen LogP contribution < -0.4 is 0 Å². The molecular weight excluding hydrogens is 136 g/mol. The number of carbonyl (C=O) groups excluding carboxylic acids is 1. The number of ether oxygens (including phenoxy) is 1. The maximum absolute atomic E-state index is 10.7. The lowest BCUT2D eigenvalue weighted by Gasteiger charge is -2.26. The second kappa shape index (κ2) is 2.65. The second-order valence-corrected chi connectivity index (χ2v) is 2.45. The van der Waals surface area contributed by atoms with Gasteiger partial charge in [-0.05, 0) is 6.92 Å². The summed E-state index contributed by atoms with van der Waals surface area (Å²) >= 11 is 0. The minimum atomic E-state index is -1.35. The first-order valence-corrected chi connectivity index (χ1v) is 3.15. The van der Waals surface area contributed by atoms with Gasteiger partial charge in [0.05, 0.1) is 6.10 Å². The summed E-state index contributed by atoms with van der Waals surface area (Å²) in [5.41, 5.74) is 0. The normalized spacial score (nSPS) is 41.9. The van der Waals surface area contributed by atoms with Gasteiger partial charge < -0.3 is 14.9 Å². The molecule has 1 saturated heterocycles. The Morgan fingerprint density at radius 1 is 1.60 bits per heavy atom. The molecule has 4 heteroatoms. The summed E-state index contributed by atoms with van der Waals surface area (Å²) in [7, 11) is 0. The number of hydrogen-bond acceptors (Lipinski definition) is 4. The molecule has 1 rings (SSSR count). The standard InChI is InChI=1S/C6H10O4/c1-3-2-4(7)5(8)6(9)10-3/h3,5-6,8-9H,2H2,1H3. The molecule has 0 aromatic rings. The van der Waals surface area contributed by atoms with Crippen molar-refractivity contribution in [3.63, 3.8) is 0 Å². The van der Waals surface area contributed by atoms with Crippen molar-refractivity contribution in [2.75, 3.05) is 0 Å². The van der Waals surface area contributed by atoms with Crippen LogP contribution in [0.25, 0.3) is 0 Å². The van der Waals surface area contributed by atoms with Gasteiger partial charge in [-0.3, -0.25) is 4.79 Å². The molecule has 2 N–H and O–H groups in total. The van der Waals surface area contributed by atoms with Gasteiger partial charge >= 0.3 is 0 Å². The van der Waals surface area contributed by atoms with Gasteiger partial charge in [0.15, 0.2) is 18.2 Å². The first kappa shape index (κ1) is 7.65. The first-order chi connectivity index (χ1) is 4.61. The molecule has 1 aliphatic heterocycles. The van der Waals surface area contributed by atoms with Crippen LogP contribution in [0.3, 0.4) is 0 Å². The molecule has 1 fully saturated rings. The summed E-state index contributed by atoms with van der Waals surface area (Å²) in [6.07, 6.45) is -2.79. The molecule has 0 radical (unpaired) electrons. The minimum absolute atomic E-state index is 0.179. The van der Waals surface area contributed by atoms with E-state index >= 15 is 0 Å². The number of aliphatic hydroxyl groups is 2. The maximum atomic E-state index is 10.7. The van der Waals surface area contributed by atoms with Crippen LogP contribution >= 0.6 is 0 Å². The van der Waals surface area contributed by atoms with Crippen molar-refractivity contribution < 1.29 is 19.7 Å². The van der Waals surface area contributed by atoms with Gasteiger partial charge in [-0.15, -0.1) is 0 Å². The minimum Gasteiger partial charge on any atom is -0.380 e. The molecule has 3 unspecified atom stereocenters. The van der Waals surface area contributed by atoms with Crippen LogP contribution in [-0.4, -0.2) is 34.5 Å². The van der Waals surface area contributed by atoms with Gasteiger partial charge in [0.1, 0.15) is 0 Å². The van der Waals surface area contributed by atoms with Gasteiger partial charge in [0, 0.05) is 6.42 Å². The van der Waals surface area contributed by atoms with Crippen LogP contribution in [0.5, 0.6) is 0 Å². The van der Waals surface area contributed by atoms with Crippen molar-refractivity contribution in [3.05, 3.63) is 0 Å². The Balaban J connectivity index is 2.57. The lowest BCUT2D eigenvalue weighted by atomic mass is 10.1. The van der Waals surface area contributed by atoms with Crippen LogP contribution in [0.4, 0.5) is 0 Å². The van der Waals surface area contributed by atoms with Crippen molar-refractivity contribution >= 4 is 5.78 Å². The van der Waals surface area contributed by atoms with E-state index in [1.807, 2.05) is 0 Å². The number of rotatable bonds is 0. The zero-order valence-corrected chi connectivity index (χ0v) is 5.65. The Morgan fingerprint density at radius 3 is 2.70 bits per heavy atom. The summed E-state index contributed by atoms with van der Waals surface area (Å²) in [4.78, 5) is 10.7. The van der Waals surface area contributed by atoms with Crippen molar-refractivity contribution in [2.45, 2.75) is 31.8 Å². The Bertz CT molecular complexity index is 145. The average molecular weight is 146 g/mol. The highest BCUT2D eigenvalue weighted by Crippen LogP contribution is 2.13. The highest BCUT2D eigenvalue weighted by atomic mass is 16.6. The lowest BCUT2D eigenvalue weighted by molar-refractivity contribution is -0.207. The summed E-state index contributed by atoms with van der Waals surface area (Å²) in [5.74, 6) is -0.355. The fourth-order valence-electron chi connectivity index (χ4n) is 0.924. The summed E-state index contributed by atoms with van der Waals surface area (Å²) in [6, 6.07) is 0. The summed E-state index contributed by atoms with van der Waals surface area (Å²) in [6.45, 7) is 1.67. The zero-order chi connectivity index (χ0) is 7.72. The van der Waals surface area contributed by atoms with Crippen molar-refractivity contribution in [1.29, 1.82) is 0 Å². The third-order valence-electron chi connectivity index (χ3n) is 1.46. The van der Waals surface area contributed by atoms with Gasteiger partial charge in [-0.25, -0.2) is 0 Å². The Hall–Kier alpha value is -0.450. The van der Waals surface area contributed by atoms with E-state index in [0.29, 0.717) is 0 Å². The van der Waals surface area contributed by atoms with Crippen molar-refractivity contribution in [1.82, 2.24) is 0 Å². The van der Waals surface area contributed by atoms with Crippen LogP contribution in [-0.2, 0) is 9.53 Å². The van der Waals surface area contributed by atoms with E-state index in [-0.39, 0.29) is 18.3 Å². The predicted molar refractivity (Wildman–Crippen MR) is 32.2 cm³/mol. The van der Waals surface area contributed by atoms with Gasteiger partial charge in [0.25, 0.3) is 0 Å². The predicted octanol–water partition coefficient (Wildman–Crippen LogP) is -0.956. The molecule has 0 bridgehead atoms. The topological polar surface area (TPSA) is 66.8 Å². The smallest absolute Gasteiger partial charge is 0.188 e. The van der Waals surface area contributed by atoms with E-state index in [4.69, 9.17) is 14.9 Å². The van der Waals surface area contributed by atoms with Crippen molar-refractivity contribution in [3.8, 4) is 0 Å². The van der Waals surface area contributed by atoms with Gasteiger partial charge in [0.2, 0.25) is 0 Å². The molecular formula is C6H10O4. The largest absolute Gasteiger partial charge is 0.380 e. The molecule has 0 aromatic heterocycles. The zero-order valence-electron chi connectivity index (χ0n) is 5.65. The quantitative estimate of drug-likeness (QED) is 0.462. The molecule has 1 aliphatic rings. The Labute approximate surface area is 58.4 Å².